The van der Waals surface area contributed by atoms with Crippen molar-refractivity contribution in [2.45, 2.75) is 13.0 Å². The second kappa shape index (κ2) is 9.64. The van der Waals surface area contributed by atoms with Crippen LogP contribution in [0.1, 0.15) is 5.56 Å². The summed E-state index contributed by atoms with van der Waals surface area (Å²) in [5, 5.41) is 9.48. The molecule has 3 N–H and O–H groups in total. The van der Waals surface area contributed by atoms with Crippen LogP contribution < -0.4 is 10.6 Å². The number of carbonyl (C=O) groups excluding carboxylic acids is 1. The first-order valence-electron chi connectivity index (χ1n) is 11.2. The molecule has 1 fully saturated rings. The van der Waals surface area contributed by atoms with Crippen molar-refractivity contribution in [2.75, 3.05) is 38.2 Å². The highest BCUT2D eigenvalue weighted by Gasteiger charge is 2.17. The third-order valence-corrected chi connectivity index (χ3v) is 6.30. The van der Waals surface area contributed by atoms with E-state index in [2.05, 4.69) is 40.0 Å². The number of anilines is 1. The maximum atomic E-state index is 12.7. The monoisotopic (exact) mass is 461 g/mol. The molecule has 0 spiro atoms. The molecule has 0 radical (unpaired) electrons. The van der Waals surface area contributed by atoms with Gasteiger partial charge in [-0.2, -0.15) is 0 Å². The molecular formula is C25H27N5O2S. The Labute approximate surface area is 197 Å². The van der Waals surface area contributed by atoms with Gasteiger partial charge in [0, 0.05) is 48.6 Å². The first-order chi connectivity index (χ1) is 16.2. The van der Waals surface area contributed by atoms with Gasteiger partial charge in [0.1, 0.15) is 6.54 Å². The summed E-state index contributed by atoms with van der Waals surface area (Å²) in [5.74, 6) is 0.114. The number of rotatable bonds is 6. The minimum absolute atomic E-state index is 0.114. The van der Waals surface area contributed by atoms with Crippen LogP contribution in [0.25, 0.3) is 21.8 Å². The number of carbonyl (C=O) groups is 1. The molecular weight excluding hydrogens is 434 g/mol. The molecule has 3 heterocycles. The molecule has 1 amide bonds. The number of ether oxygens (including phenoxy) is 1. The molecule has 0 unspecified atom stereocenters. The highest BCUT2D eigenvalue weighted by Crippen LogP contribution is 2.21. The molecule has 7 nitrogen and oxygen atoms in total. The number of thiocarbonyl (C=S) groups is 1. The highest BCUT2D eigenvalue weighted by atomic mass is 32.1. The molecule has 8 heteroatoms. The third-order valence-electron chi connectivity index (χ3n) is 6.06. The number of amides is 1. The van der Waals surface area contributed by atoms with Gasteiger partial charge >= 0.3 is 0 Å². The summed E-state index contributed by atoms with van der Waals surface area (Å²) in [7, 11) is 0. The average molecular weight is 462 g/mol. The highest BCUT2D eigenvalue weighted by molar-refractivity contribution is 7.80. The van der Waals surface area contributed by atoms with Gasteiger partial charge in [-0.05, 0) is 53.9 Å². The van der Waals surface area contributed by atoms with Gasteiger partial charge in [-0.1, -0.05) is 24.3 Å². The van der Waals surface area contributed by atoms with Gasteiger partial charge in [-0.3, -0.25) is 4.79 Å². The van der Waals surface area contributed by atoms with E-state index in [1.54, 1.807) is 0 Å². The lowest BCUT2D eigenvalue weighted by molar-refractivity contribution is -0.135. The van der Waals surface area contributed by atoms with Crippen molar-refractivity contribution in [3.63, 3.8) is 0 Å². The molecule has 1 aliphatic heterocycles. The summed E-state index contributed by atoms with van der Waals surface area (Å²) >= 11 is 5.51. The Balaban J connectivity index is 1.19. The number of para-hydroxylation sites is 1. The number of H-pyrrole nitrogens is 1. The minimum Gasteiger partial charge on any atom is -0.378 e. The molecule has 170 valence electrons. The second-order valence-corrected chi connectivity index (χ2v) is 8.61. The Morgan fingerprint density at radius 2 is 1.97 bits per heavy atom. The molecule has 0 saturated carbocycles. The van der Waals surface area contributed by atoms with E-state index < -0.39 is 0 Å². The summed E-state index contributed by atoms with van der Waals surface area (Å²) in [6.07, 6.45) is 4.89. The number of hydrogen-bond acceptors (Lipinski definition) is 3. The molecule has 0 atom stereocenters. The lowest BCUT2D eigenvalue weighted by atomic mass is 10.1. The number of nitrogens with zero attached hydrogens (tertiary/aromatic N) is 2. The van der Waals surface area contributed by atoms with E-state index in [0.29, 0.717) is 38.0 Å². The van der Waals surface area contributed by atoms with Crippen molar-refractivity contribution < 1.29 is 9.53 Å². The standard InChI is InChI=1S/C25H27N5O2S/c31-24(29-11-13-32-14-12-29)17-30-10-8-18-5-6-20(15-23(18)30)28-25(33)26-9-7-19-16-27-22-4-2-1-3-21(19)22/h1-6,8,10,15-16,27H,7,9,11-14,17H2,(H2,26,28,33). The summed E-state index contributed by atoms with van der Waals surface area (Å²) in [4.78, 5) is 17.8. The molecule has 33 heavy (non-hydrogen) atoms. The summed E-state index contributed by atoms with van der Waals surface area (Å²) in [6, 6.07) is 16.4. The quantitative estimate of drug-likeness (QED) is 0.383. The summed E-state index contributed by atoms with van der Waals surface area (Å²) in [5.41, 5.74) is 4.32. The van der Waals surface area contributed by atoms with Crippen LogP contribution in [0.15, 0.2) is 60.9 Å². The Bertz CT molecular complexity index is 1290. The molecule has 1 aliphatic rings. The molecule has 5 rings (SSSR count). The SMILES string of the molecule is O=C(Cn1ccc2ccc(NC(=S)NCCc3c[nH]c4ccccc34)cc21)N1CCOCC1. The van der Waals surface area contributed by atoms with E-state index in [0.717, 1.165) is 35.1 Å². The fourth-order valence-electron chi connectivity index (χ4n) is 4.28. The van der Waals surface area contributed by atoms with Crippen LogP contribution in [0, 0.1) is 0 Å². The van der Waals surface area contributed by atoms with Crippen molar-refractivity contribution >= 4 is 50.7 Å². The van der Waals surface area contributed by atoms with Crippen LogP contribution in [0.3, 0.4) is 0 Å². The average Bonchev–Trinajstić information content (AvgIpc) is 3.44. The third kappa shape index (κ3) is 4.86. The molecule has 1 saturated heterocycles. The number of benzene rings is 2. The summed E-state index contributed by atoms with van der Waals surface area (Å²) < 4.78 is 7.34. The van der Waals surface area contributed by atoms with E-state index in [9.17, 15) is 4.79 Å². The zero-order valence-electron chi connectivity index (χ0n) is 18.3. The van der Waals surface area contributed by atoms with Crippen LogP contribution in [0.4, 0.5) is 5.69 Å². The van der Waals surface area contributed by atoms with Crippen LogP contribution in [0.2, 0.25) is 0 Å². The van der Waals surface area contributed by atoms with Gasteiger partial charge in [0.05, 0.1) is 18.7 Å². The lowest BCUT2D eigenvalue weighted by Crippen LogP contribution is -2.42. The van der Waals surface area contributed by atoms with E-state index in [1.165, 1.54) is 10.9 Å². The van der Waals surface area contributed by atoms with Gasteiger partial charge in [0.2, 0.25) is 5.91 Å². The van der Waals surface area contributed by atoms with Crippen molar-refractivity contribution in [1.29, 1.82) is 0 Å². The first kappa shape index (κ1) is 21.5. The topological polar surface area (TPSA) is 74.3 Å². The number of morpholine rings is 1. The van der Waals surface area contributed by atoms with Crippen molar-refractivity contribution in [1.82, 2.24) is 19.8 Å². The maximum Gasteiger partial charge on any atom is 0.242 e. The normalized spacial score (nSPS) is 14.0. The predicted octanol–water partition coefficient (Wildman–Crippen LogP) is 3.51. The van der Waals surface area contributed by atoms with Gasteiger partial charge in [0.25, 0.3) is 0 Å². The van der Waals surface area contributed by atoms with E-state index in [4.69, 9.17) is 17.0 Å². The Morgan fingerprint density at radius 1 is 1.12 bits per heavy atom. The number of fused-ring (bicyclic) bond motifs is 2. The molecule has 0 aliphatic carbocycles. The van der Waals surface area contributed by atoms with Crippen LogP contribution in [-0.2, 0) is 22.5 Å². The van der Waals surface area contributed by atoms with Gasteiger partial charge in [-0.25, -0.2) is 0 Å². The van der Waals surface area contributed by atoms with E-state index in [1.807, 2.05) is 46.0 Å². The first-order valence-corrected chi connectivity index (χ1v) is 11.6. The minimum atomic E-state index is 0.114. The van der Waals surface area contributed by atoms with Crippen molar-refractivity contribution in [3.8, 4) is 0 Å². The fourth-order valence-corrected chi connectivity index (χ4v) is 4.50. The lowest BCUT2D eigenvalue weighted by Gasteiger charge is -2.27. The Hall–Kier alpha value is -3.36. The number of aromatic amines is 1. The molecule has 0 bridgehead atoms. The molecule has 4 aromatic rings. The smallest absolute Gasteiger partial charge is 0.242 e. The van der Waals surface area contributed by atoms with Gasteiger partial charge in [0.15, 0.2) is 5.11 Å². The van der Waals surface area contributed by atoms with E-state index in [-0.39, 0.29) is 5.91 Å². The van der Waals surface area contributed by atoms with Gasteiger partial charge in [-0.15, -0.1) is 0 Å². The van der Waals surface area contributed by atoms with Crippen molar-refractivity contribution in [3.05, 3.63) is 66.5 Å². The molecule has 2 aromatic heterocycles. The van der Waals surface area contributed by atoms with Crippen LogP contribution >= 0.6 is 12.2 Å². The summed E-state index contributed by atoms with van der Waals surface area (Å²) in [6.45, 7) is 3.58. The number of nitrogens with one attached hydrogen (secondary N) is 3. The van der Waals surface area contributed by atoms with Crippen LogP contribution in [0.5, 0.6) is 0 Å². The predicted molar refractivity (Wildman–Crippen MR) is 136 cm³/mol. The Kier molecular flexibility index (Phi) is 6.28. The number of aromatic nitrogens is 2. The zero-order valence-corrected chi connectivity index (χ0v) is 19.2. The fraction of sp³-hybridized carbons (Fsp3) is 0.280. The van der Waals surface area contributed by atoms with E-state index >= 15 is 0 Å². The Morgan fingerprint density at radius 3 is 2.85 bits per heavy atom. The number of hydrogen-bond donors (Lipinski definition) is 3. The molecule has 2 aromatic carbocycles. The zero-order chi connectivity index (χ0) is 22.6. The maximum absolute atomic E-state index is 12.7. The van der Waals surface area contributed by atoms with Crippen LogP contribution in [-0.4, -0.2) is 58.3 Å². The second-order valence-electron chi connectivity index (χ2n) is 8.20. The largest absolute Gasteiger partial charge is 0.378 e. The van der Waals surface area contributed by atoms with Gasteiger partial charge < -0.3 is 29.8 Å². The van der Waals surface area contributed by atoms with Crippen molar-refractivity contribution in [2.24, 2.45) is 0 Å².